The first kappa shape index (κ1) is 13.6. The van der Waals surface area contributed by atoms with Gasteiger partial charge in [0.25, 0.3) is 0 Å². The maximum Gasteiger partial charge on any atom is 0.354 e. The number of pyridine rings is 1. The lowest BCUT2D eigenvalue weighted by atomic mass is 10.3. The van der Waals surface area contributed by atoms with Crippen molar-refractivity contribution < 1.29 is 14.1 Å². The third-order valence-corrected chi connectivity index (χ3v) is 3.80. The van der Waals surface area contributed by atoms with Gasteiger partial charge >= 0.3 is 5.97 Å². The number of hydrogen-bond acceptors (Lipinski definition) is 4. The molecule has 17 heavy (non-hydrogen) atoms. The molecule has 0 aliphatic heterocycles. The highest BCUT2D eigenvalue weighted by Gasteiger charge is 2.06. The molecule has 1 heterocycles. The van der Waals surface area contributed by atoms with Crippen LogP contribution in [0.2, 0.25) is 0 Å². The number of aromatic nitrogens is 1. The molecule has 6 heteroatoms. The molecule has 0 saturated carbocycles. The lowest BCUT2D eigenvalue weighted by Crippen LogP contribution is -2.15. The van der Waals surface area contributed by atoms with Crippen LogP contribution in [-0.2, 0) is 10.8 Å². The molecule has 0 aliphatic rings. The van der Waals surface area contributed by atoms with E-state index in [-0.39, 0.29) is 10.9 Å². The van der Waals surface area contributed by atoms with Crippen LogP contribution in [-0.4, -0.2) is 38.3 Å². The third-order valence-electron chi connectivity index (χ3n) is 2.43. The number of carboxylic acid groups (broad SMARTS) is 1. The number of rotatable bonds is 6. The topological polar surface area (TPSA) is 79.3 Å². The SMILES string of the molecule is CC(CCNc1ccc(C(=O)O)nc1)S(C)=O. The van der Waals surface area contributed by atoms with Crippen molar-refractivity contribution in [1.82, 2.24) is 4.98 Å². The summed E-state index contributed by atoms with van der Waals surface area (Å²) in [6, 6.07) is 3.12. The van der Waals surface area contributed by atoms with Gasteiger partial charge in [-0.25, -0.2) is 9.78 Å². The van der Waals surface area contributed by atoms with E-state index in [0.717, 1.165) is 12.1 Å². The van der Waals surface area contributed by atoms with Crippen molar-refractivity contribution in [2.45, 2.75) is 18.6 Å². The maximum absolute atomic E-state index is 11.1. The molecule has 0 amide bonds. The summed E-state index contributed by atoms with van der Waals surface area (Å²) in [5, 5.41) is 11.9. The molecular formula is C11H16N2O3S. The summed E-state index contributed by atoms with van der Waals surface area (Å²) in [5.74, 6) is -1.04. The summed E-state index contributed by atoms with van der Waals surface area (Å²) < 4.78 is 11.1. The monoisotopic (exact) mass is 256 g/mol. The number of nitrogens with one attached hydrogen (secondary N) is 1. The van der Waals surface area contributed by atoms with Crippen molar-refractivity contribution >= 4 is 22.5 Å². The van der Waals surface area contributed by atoms with E-state index in [9.17, 15) is 9.00 Å². The molecular weight excluding hydrogens is 240 g/mol. The van der Waals surface area contributed by atoms with Crippen LogP contribution in [0.3, 0.4) is 0 Å². The Labute approximate surface area is 103 Å². The van der Waals surface area contributed by atoms with Crippen LogP contribution in [0.4, 0.5) is 5.69 Å². The highest BCUT2D eigenvalue weighted by molar-refractivity contribution is 7.84. The Kier molecular flexibility index (Phi) is 5.09. The van der Waals surface area contributed by atoms with E-state index in [0.29, 0.717) is 6.54 Å². The lowest BCUT2D eigenvalue weighted by molar-refractivity contribution is 0.0690. The summed E-state index contributed by atoms with van der Waals surface area (Å²) in [7, 11) is -0.811. The van der Waals surface area contributed by atoms with Crippen LogP contribution in [0.15, 0.2) is 18.3 Å². The minimum atomic E-state index is -1.04. The van der Waals surface area contributed by atoms with Crippen LogP contribution in [0.25, 0.3) is 0 Å². The van der Waals surface area contributed by atoms with Gasteiger partial charge < -0.3 is 10.4 Å². The summed E-state index contributed by atoms with van der Waals surface area (Å²) >= 11 is 0. The maximum atomic E-state index is 11.1. The first-order chi connectivity index (χ1) is 8.00. The zero-order valence-corrected chi connectivity index (χ0v) is 10.7. The van der Waals surface area contributed by atoms with Crippen LogP contribution in [0.5, 0.6) is 0 Å². The van der Waals surface area contributed by atoms with Crippen molar-refractivity contribution in [2.24, 2.45) is 0 Å². The second kappa shape index (κ2) is 6.34. The zero-order valence-electron chi connectivity index (χ0n) is 9.84. The summed E-state index contributed by atoms with van der Waals surface area (Å²) in [5.41, 5.74) is 0.794. The molecule has 5 nitrogen and oxygen atoms in total. The first-order valence-corrected chi connectivity index (χ1v) is 6.88. The summed E-state index contributed by atoms with van der Waals surface area (Å²) in [6.07, 6.45) is 3.97. The molecule has 0 fully saturated rings. The number of carbonyl (C=O) groups is 1. The summed E-state index contributed by atoms with van der Waals surface area (Å²) in [6.45, 7) is 2.62. The van der Waals surface area contributed by atoms with E-state index < -0.39 is 16.8 Å². The number of nitrogens with zero attached hydrogens (tertiary/aromatic N) is 1. The normalized spacial score (nSPS) is 14.0. The van der Waals surface area contributed by atoms with E-state index in [1.165, 1.54) is 12.3 Å². The molecule has 0 bridgehead atoms. The van der Waals surface area contributed by atoms with Gasteiger partial charge in [-0.3, -0.25) is 4.21 Å². The Morgan fingerprint density at radius 3 is 2.76 bits per heavy atom. The number of anilines is 1. The third kappa shape index (κ3) is 4.52. The predicted molar refractivity (Wildman–Crippen MR) is 67.8 cm³/mol. The van der Waals surface area contributed by atoms with Gasteiger partial charge in [-0.2, -0.15) is 0 Å². The van der Waals surface area contributed by atoms with Gasteiger partial charge in [-0.15, -0.1) is 0 Å². The Bertz CT molecular complexity index is 406. The van der Waals surface area contributed by atoms with Crippen LogP contribution < -0.4 is 5.32 Å². The van der Waals surface area contributed by atoms with Crippen LogP contribution in [0, 0.1) is 0 Å². The largest absolute Gasteiger partial charge is 0.477 e. The Hall–Kier alpha value is -1.43. The molecule has 0 saturated heterocycles. The zero-order chi connectivity index (χ0) is 12.8. The lowest BCUT2D eigenvalue weighted by Gasteiger charge is -2.09. The van der Waals surface area contributed by atoms with Crippen LogP contribution in [0.1, 0.15) is 23.8 Å². The average Bonchev–Trinajstić information content (AvgIpc) is 2.29. The van der Waals surface area contributed by atoms with Crippen molar-refractivity contribution in [2.75, 3.05) is 18.1 Å². The molecule has 2 N–H and O–H groups in total. The van der Waals surface area contributed by atoms with E-state index in [2.05, 4.69) is 10.3 Å². The fourth-order valence-corrected chi connectivity index (χ4v) is 1.66. The van der Waals surface area contributed by atoms with E-state index in [4.69, 9.17) is 5.11 Å². The van der Waals surface area contributed by atoms with Crippen LogP contribution >= 0.6 is 0 Å². The molecule has 2 unspecified atom stereocenters. The van der Waals surface area contributed by atoms with Crippen molar-refractivity contribution in [3.05, 3.63) is 24.0 Å². The van der Waals surface area contributed by atoms with Crippen molar-refractivity contribution in [1.29, 1.82) is 0 Å². The van der Waals surface area contributed by atoms with E-state index in [1.54, 1.807) is 12.3 Å². The predicted octanol–water partition coefficient (Wildman–Crippen LogP) is 1.35. The molecule has 94 valence electrons. The first-order valence-electron chi connectivity index (χ1n) is 5.26. The fraction of sp³-hybridized carbons (Fsp3) is 0.455. The average molecular weight is 256 g/mol. The molecule has 0 aromatic carbocycles. The fourth-order valence-electron chi connectivity index (χ4n) is 1.21. The number of hydrogen-bond donors (Lipinski definition) is 2. The quantitative estimate of drug-likeness (QED) is 0.803. The number of aromatic carboxylic acids is 1. The van der Waals surface area contributed by atoms with Gasteiger partial charge in [0.1, 0.15) is 5.69 Å². The molecule has 2 atom stereocenters. The highest BCUT2D eigenvalue weighted by atomic mass is 32.2. The smallest absolute Gasteiger partial charge is 0.354 e. The van der Waals surface area contributed by atoms with Crippen molar-refractivity contribution in [3.8, 4) is 0 Å². The second-order valence-corrected chi connectivity index (χ2v) is 5.56. The molecule has 1 aromatic rings. The molecule has 1 rings (SSSR count). The molecule has 0 aliphatic carbocycles. The van der Waals surface area contributed by atoms with E-state index >= 15 is 0 Å². The highest BCUT2D eigenvalue weighted by Crippen LogP contribution is 2.07. The second-order valence-electron chi connectivity index (χ2n) is 3.76. The number of carboxylic acids is 1. The molecule has 0 spiro atoms. The Morgan fingerprint density at radius 1 is 1.59 bits per heavy atom. The molecule has 1 aromatic heterocycles. The van der Waals surface area contributed by atoms with Gasteiger partial charge in [-0.1, -0.05) is 6.92 Å². The van der Waals surface area contributed by atoms with Crippen molar-refractivity contribution in [3.63, 3.8) is 0 Å². The van der Waals surface area contributed by atoms with Gasteiger partial charge in [0, 0.05) is 28.9 Å². The minimum Gasteiger partial charge on any atom is -0.477 e. The Balaban J connectivity index is 2.42. The summed E-state index contributed by atoms with van der Waals surface area (Å²) in [4.78, 5) is 14.4. The molecule has 0 radical (unpaired) electrons. The Morgan fingerprint density at radius 2 is 2.29 bits per heavy atom. The standard InChI is InChI=1S/C11H16N2O3S/c1-8(17(2)16)5-6-12-9-3-4-10(11(14)15)13-7-9/h3-4,7-8,12H,5-6H2,1-2H3,(H,14,15). The van der Waals surface area contributed by atoms with Gasteiger partial charge in [0.15, 0.2) is 0 Å². The minimum absolute atomic E-state index is 0.0265. The van der Waals surface area contributed by atoms with Gasteiger partial charge in [-0.05, 0) is 18.6 Å². The van der Waals surface area contributed by atoms with Gasteiger partial charge in [0.05, 0.1) is 11.9 Å². The van der Waals surface area contributed by atoms with Gasteiger partial charge in [0.2, 0.25) is 0 Å². The van der Waals surface area contributed by atoms with E-state index in [1.807, 2.05) is 6.92 Å².